The van der Waals surface area contributed by atoms with Crippen LogP contribution in [0.4, 0.5) is 0 Å². The van der Waals surface area contributed by atoms with E-state index in [-0.39, 0.29) is 0 Å². The summed E-state index contributed by atoms with van der Waals surface area (Å²) in [5.74, 6) is 1.49. The monoisotopic (exact) mass is 249 g/mol. The summed E-state index contributed by atoms with van der Waals surface area (Å²) in [6.45, 7) is 4.16. The fraction of sp³-hybridized carbons (Fsp3) is 0.118. The molecule has 0 radical (unpaired) electrons. The number of nitrogens with zero attached hydrogens (tertiary/aromatic N) is 1. The minimum Gasteiger partial charge on any atom is -0.436 e. The van der Waals surface area contributed by atoms with E-state index in [1.807, 2.05) is 30.3 Å². The van der Waals surface area contributed by atoms with Gasteiger partial charge < -0.3 is 4.42 Å². The van der Waals surface area contributed by atoms with Gasteiger partial charge in [-0.15, -0.1) is 0 Å². The smallest absolute Gasteiger partial charge is 0.227 e. The van der Waals surface area contributed by atoms with Crippen LogP contribution < -0.4 is 0 Å². The summed E-state index contributed by atoms with van der Waals surface area (Å²) in [6, 6.07) is 16.2. The quantitative estimate of drug-likeness (QED) is 0.662. The number of benzene rings is 2. The molecule has 19 heavy (non-hydrogen) atoms. The van der Waals surface area contributed by atoms with Gasteiger partial charge in [0.15, 0.2) is 5.76 Å². The van der Waals surface area contributed by atoms with E-state index >= 15 is 0 Å². The highest BCUT2D eigenvalue weighted by Crippen LogP contribution is 2.29. The van der Waals surface area contributed by atoms with Crippen molar-refractivity contribution in [2.75, 3.05) is 0 Å². The van der Waals surface area contributed by atoms with Crippen LogP contribution in [0.3, 0.4) is 0 Å². The Morgan fingerprint density at radius 3 is 2.21 bits per heavy atom. The first-order valence-electron chi connectivity index (χ1n) is 6.33. The van der Waals surface area contributed by atoms with Gasteiger partial charge in [0.1, 0.15) is 0 Å². The van der Waals surface area contributed by atoms with Gasteiger partial charge in [-0.05, 0) is 25.0 Å². The lowest BCUT2D eigenvalue weighted by molar-refractivity contribution is 0.588. The fourth-order valence-corrected chi connectivity index (χ4v) is 2.28. The van der Waals surface area contributed by atoms with Crippen molar-refractivity contribution >= 4 is 0 Å². The lowest BCUT2D eigenvalue weighted by Crippen LogP contribution is -1.87. The highest BCUT2D eigenvalue weighted by Gasteiger charge is 2.12. The molecule has 0 N–H and O–H groups in total. The Morgan fingerprint density at radius 2 is 1.53 bits per heavy atom. The van der Waals surface area contributed by atoms with Crippen LogP contribution in [0, 0.1) is 13.8 Å². The minimum absolute atomic E-state index is 0.689. The van der Waals surface area contributed by atoms with E-state index in [2.05, 4.69) is 37.0 Å². The molecule has 3 aromatic rings. The van der Waals surface area contributed by atoms with E-state index < -0.39 is 0 Å². The average Bonchev–Trinajstić information content (AvgIpc) is 2.89. The molecule has 0 spiro atoms. The van der Waals surface area contributed by atoms with Crippen molar-refractivity contribution < 1.29 is 4.42 Å². The largest absolute Gasteiger partial charge is 0.436 e. The third-order valence-electron chi connectivity index (χ3n) is 3.26. The molecule has 0 saturated carbocycles. The van der Waals surface area contributed by atoms with Crippen molar-refractivity contribution in [3.05, 3.63) is 65.9 Å². The first kappa shape index (κ1) is 11.7. The van der Waals surface area contributed by atoms with Crippen LogP contribution in [0.15, 0.2) is 59.1 Å². The second kappa shape index (κ2) is 4.73. The van der Waals surface area contributed by atoms with Crippen LogP contribution >= 0.6 is 0 Å². The maximum atomic E-state index is 5.91. The van der Waals surface area contributed by atoms with E-state index in [9.17, 15) is 0 Å². The van der Waals surface area contributed by atoms with Crippen molar-refractivity contribution in [2.45, 2.75) is 13.8 Å². The first-order valence-corrected chi connectivity index (χ1v) is 6.33. The molecule has 94 valence electrons. The zero-order chi connectivity index (χ0) is 13.2. The molecule has 2 heteroatoms. The maximum Gasteiger partial charge on any atom is 0.227 e. The Hall–Kier alpha value is -2.35. The van der Waals surface area contributed by atoms with Gasteiger partial charge in [-0.2, -0.15) is 0 Å². The van der Waals surface area contributed by atoms with Crippen molar-refractivity contribution in [2.24, 2.45) is 0 Å². The van der Waals surface area contributed by atoms with Crippen LogP contribution in [0.25, 0.3) is 22.8 Å². The van der Waals surface area contributed by atoms with Crippen molar-refractivity contribution in [1.29, 1.82) is 0 Å². The molecule has 0 saturated heterocycles. The zero-order valence-electron chi connectivity index (χ0n) is 11.1. The van der Waals surface area contributed by atoms with Crippen LogP contribution in [0.5, 0.6) is 0 Å². The molecule has 0 atom stereocenters. The Morgan fingerprint density at radius 1 is 0.842 bits per heavy atom. The molecular formula is C17H15NO. The number of oxazole rings is 1. The van der Waals surface area contributed by atoms with Crippen LogP contribution in [0.1, 0.15) is 11.1 Å². The lowest BCUT2D eigenvalue weighted by atomic mass is 10.0. The number of aryl methyl sites for hydroxylation is 2. The first-order chi connectivity index (χ1) is 9.25. The van der Waals surface area contributed by atoms with Gasteiger partial charge in [0, 0.05) is 11.1 Å². The molecule has 0 fully saturated rings. The minimum atomic E-state index is 0.689. The Kier molecular flexibility index (Phi) is 2.92. The van der Waals surface area contributed by atoms with Crippen molar-refractivity contribution in [3.8, 4) is 22.8 Å². The summed E-state index contributed by atoms with van der Waals surface area (Å²) < 4.78 is 5.91. The molecule has 2 nitrogen and oxygen atoms in total. The Labute approximate surface area is 112 Å². The summed E-state index contributed by atoms with van der Waals surface area (Å²) in [7, 11) is 0. The number of hydrogen-bond acceptors (Lipinski definition) is 2. The molecule has 1 heterocycles. The third kappa shape index (κ3) is 2.17. The van der Waals surface area contributed by atoms with Gasteiger partial charge in [0.2, 0.25) is 5.89 Å². The summed E-state index contributed by atoms with van der Waals surface area (Å²) in [4.78, 5) is 4.42. The summed E-state index contributed by atoms with van der Waals surface area (Å²) >= 11 is 0. The van der Waals surface area contributed by atoms with Crippen molar-refractivity contribution in [1.82, 2.24) is 4.98 Å². The van der Waals surface area contributed by atoms with Gasteiger partial charge in [-0.25, -0.2) is 4.98 Å². The highest BCUT2D eigenvalue weighted by atomic mass is 16.4. The van der Waals surface area contributed by atoms with Crippen LogP contribution in [-0.2, 0) is 0 Å². The number of rotatable bonds is 2. The molecule has 2 aromatic carbocycles. The van der Waals surface area contributed by atoms with Gasteiger partial charge in [-0.1, -0.05) is 48.5 Å². The maximum absolute atomic E-state index is 5.91. The third-order valence-corrected chi connectivity index (χ3v) is 3.26. The molecule has 3 rings (SSSR count). The fourth-order valence-electron chi connectivity index (χ4n) is 2.28. The SMILES string of the molecule is Cc1cccc(C)c1-c1ncc(-c2ccccc2)o1. The second-order valence-electron chi connectivity index (χ2n) is 4.66. The second-order valence-corrected chi connectivity index (χ2v) is 4.66. The Balaban J connectivity index is 2.07. The van der Waals surface area contributed by atoms with E-state index in [1.165, 1.54) is 11.1 Å². The normalized spacial score (nSPS) is 10.6. The van der Waals surface area contributed by atoms with E-state index in [0.717, 1.165) is 16.9 Å². The summed E-state index contributed by atoms with van der Waals surface area (Å²) in [5.41, 5.74) is 4.50. The number of aromatic nitrogens is 1. The lowest BCUT2D eigenvalue weighted by Gasteiger charge is -2.05. The molecule has 0 aliphatic carbocycles. The Bertz CT molecular complexity index is 678. The van der Waals surface area contributed by atoms with Crippen molar-refractivity contribution in [3.63, 3.8) is 0 Å². The topological polar surface area (TPSA) is 26.0 Å². The van der Waals surface area contributed by atoms with E-state index in [0.29, 0.717) is 5.89 Å². The molecule has 0 aliphatic heterocycles. The van der Waals surface area contributed by atoms with E-state index in [4.69, 9.17) is 4.42 Å². The van der Waals surface area contributed by atoms with Crippen LogP contribution in [0.2, 0.25) is 0 Å². The molecule has 0 aliphatic rings. The molecule has 0 bridgehead atoms. The molecule has 0 unspecified atom stereocenters. The zero-order valence-corrected chi connectivity index (χ0v) is 11.1. The highest BCUT2D eigenvalue weighted by molar-refractivity contribution is 5.66. The van der Waals surface area contributed by atoms with Gasteiger partial charge in [-0.3, -0.25) is 0 Å². The predicted octanol–water partition coefficient (Wildman–Crippen LogP) is 4.63. The molecule has 1 aromatic heterocycles. The predicted molar refractivity (Wildman–Crippen MR) is 76.8 cm³/mol. The molecule has 0 amide bonds. The van der Waals surface area contributed by atoms with E-state index in [1.54, 1.807) is 6.20 Å². The van der Waals surface area contributed by atoms with Gasteiger partial charge in [0.25, 0.3) is 0 Å². The number of hydrogen-bond donors (Lipinski definition) is 0. The van der Waals surface area contributed by atoms with Crippen LogP contribution in [-0.4, -0.2) is 4.98 Å². The average molecular weight is 249 g/mol. The van der Waals surface area contributed by atoms with Gasteiger partial charge in [0.05, 0.1) is 6.20 Å². The standard InChI is InChI=1S/C17H15NO/c1-12-7-6-8-13(2)16(12)17-18-11-15(19-17)14-9-4-3-5-10-14/h3-11H,1-2H3. The van der Waals surface area contributed by atoms with Gasteiger partial charge >= 0.3 is 0 Å². The summed E-state index contributed by atoms with van der Waals surface area (Å²) in [6.07, 6.45) is 1.79. The molecular weight excluding hydrogens is 234 g/mol. The summed E-state index contributed by atoms with van der Waals surface area (Å²) in [5, 5.41) is 0.